The van der Waals surface area contributed by atoms with Crippen molar-refractivity contribution in [2.45, 2.75) is 20.0 Å². The van der Waals surface area contributed by atoms with Crippen LogP contribution in [0.25, 0.3) is 0 Å². The predicted molar refractivity (Wildman–Crippen MR) is 80.4 cm³/mol. The SMILES string of the molecule is Cc1nccc(C2CN(C(=O)c3ccc(C)s3)CCO2)n1. The van der Waals surface area contributed by atoms with Crippen molar-refractivity contribution < 1.29 is 9.53 Å². The van der Waals surface area contributed by atoms with Crippen LogP contribution in [0.3, 0.4) is 0 Å². The molecule has 6 heteroatoms. The Morgan fingerprint density at radius 2 is 2.24 bits per heavy atom. The second-order valence-corrected chi connectivity index (χ2v) is 6.34. The summed E-state index contributed by atoms with van der Waals surface area (Å²) in [5.74, 6) is 0.792. The highest BCUT2D eigenvalue weighted by Gasteiger charge is 2.27. The van der Waals surface area contributed by atoms with Gasteiger partial charge in [0.1, 0.15) is 11.9 Å². The fourth-order valence-corrected chi connectivity index (χ4v) is 3.21. The lowest BCUT2D eigenvalue weighted by molar-refractivity contribution is -0.0246. The second-order valence-electron chi connectivity index (χ2n) is 5.05. The highest BCUT2D eigenvalue weighted by molar-refractivity contribution is 7.13. The molecule has 2 aromatic rings. The number of carbonyl (C=O) groups excluding carboxylic acids is 1. The Balaban J connectivity index is 1.75. The van der Waals surface area contributed by atoms with E-state index in [2.05, 4.69) is 9.97 Å². The number of hydrogen-bond donors (Lipinski definition) is 0. The minimum atomic E-state index is -0.176. The standard InChI is InChI=1S/C15H17N3O2S/c1-10-3-4-14(21-10)15(19)18-7-8-20-13(9-18)12-5-6-16-11(2)17-12/h3-6,13H,7-9H2,1-2H3. The molecule has 0 N–H and O–H groups in total. The molecule has 1 aliphatic rings. The first-order chi connectivity index (χ1) is 10.1. The minimum absolute atomic E-state index is 0.0761. The maximum Gasteiger partial charge on any atom is 0.264 e. The van der Waals surface area contributed by atoms with Gasteiger partial charge in [0.05, 0.1) is 23.7 Å². The molecule has 3 heterocycles. The van der Waals surface area contributed by atoms with Gasteiger partial charge in [-0.15, -0.1) is 11.3 Å². The van der Waals surface area contributed by atoms with E-state index in [9.17, 15) is 4.79 Å². The molecule has 1 fully saturated rings. The van der Waals surface area contributed by atoms with Crippen LogP contribution in [0.15, 0.2) is 24.4 Å². The predicted octanol–water partition coefficient (Wildman–Crippen LogP) is 2.37. The number of amides is 1. The lowest BCUT2D eigenvalue weighted by Crippen LogP contribution is -2.42. The summed E-state index contributed by atoms with van der Waals surface area (Å²) in [5.41, 5.74) is 0.836. The van der Waals surface area contributed by atoms with Crippen molar-refractivity contribution in [3.05, 3.63) is 45.7 Å². The monoisotopic (exact) mass is 303 g/mol. The number of morpholine rings is 1. The Hall–Kier alpha value is -1.79. The molecule has 5 nitrogen and oxygen atoms in total. The third kappa shape index (κ3) is 3.11. The van der Waals surface area contributed by atoms with E-state index in [0.29, 0.717) is 25.5 Å². The first kappa shape index (κ1) is 14.2. The molecule has 1 aliphatic heterocycles. The van der Waals surface area contributed by atoms with E-state index in [1.807, 2.05) is 36.9 Å². The molecule has 1 atom stereocenters. The van der Waals surface area contributed by atoms with Crippen molar-refractivity contribution in [1.29, 1.82) is 0 Å². The van der Waals surface area contributed by atoms with Crippen LogP contribution in [0.4, 0.5) is 0 Å². The zero-order valence-corrected chi connectivity index (χ0v) is 12.9. The fraction of sp³-hybridized carbons (Fsp3) is 0.400. The summed E-state index contributed by atoms with van der Waals surface area (Å²) in [7, 11) is 0. The lowest BCUT2D eigenvalue weighted by atomic mass is 10.2. The molecule has 0 bridgehead atoms. The number of rotatable bonds is 2. The van der Waals surface area contributed by atoms with Crippen LogP contribution >= 0.6 is 11.3 Å². The Morgan fingerprint density at radius 3 is 2.95 bits per heavy atom. The van der Waals surface area contributed by atoms with Crippen LogP contribution in [0.1, 0.15) is 32.2 Å². The molecule has 0 aromatic carbocycles. The van der Waals surface area contributed by atoms with E-state index < -0.39 is 0 Å². The summed E-state index contributed by atoms with van der Waals surface area (Å²) < 4.78 is 5.76. The minimum Gasteiger partial charge on any atom is -0.368 e. The van der Waals surface area contributed by atoms with E-state index >= 15 is 0 Å². The lowest BCUT2D eigenvalue weighted by Gasteiger charge is -2.32. The molecule has 1 unspecified atom stereocenters. The average molecular weight is 303 g/mol. The Labute approximate surface area is 127 Å². The molecule has 2 aromatic heterocycles. The first-order valence-electron chi connectivity index (χ1n) is 6.90. The van der Waals surface area contributed by atoms with Gasteiger partial charge in [-0.2, -0.15) is 0 Å². The number of thiophene rings is 1. The summed E-state index contributed by atoms with van der Waals surface area (Å²) in [4.78, 5) is 24.8. The summed E-state index contributed by atoms with van der Waals surface area (Å²) in [5, 5.41) is 0. The van der Waals surface area contributed by atoms with Crippen molar-refractivity contribution in [3.8, 4) is 0 Å². The summed E-state index contributed by atoms with van der Waals surface area (Å²) >= 11 is 1.53. The molecule has 0 saturated carbocycles. The molecular weight excluding hydrogens is 286 g/mol. The second kappa shape index (κ2) is 5.91. The smallest absolute Gasteiger partial charge is 0.264 e. The molecule has 3 rings (SSSR count). The Morgan fingerprint density at radius 1 is 1.38 bits per heavy atom. The molecule has 110 valence electrons. The Bertz CT molecular complexity index is 656. The number of ether oxygens (including phenoxy) is 1. The van der Waals surface area contributed by atoms with Crippen LogP contribution in [-0.2, 0) is 4.74 Å². The van der Waals surface area contributed by atoms with Gasteiger partial charge in [-0.05, 0) is 32.0 Å². The van der Waals surface area contributed by atoms with E-state index in [-0.39, 0.29) is 12.0 Å². The normalized spacial score (nSPS) is 18.8. The van der Waals surface area contributed by atoms with Crippen molar-refractivity contribution in [2.24, 2.45) is 0 Å². The molecule has 0 aliphatic carbocycles. The van der Waals surface area contributed by atoms with Gasteiger partial charge >= 0.3 is 0 Å². The van der Waals surface area contributed by atoms with Crippen LogP contribution < -0.4 is 0 Å². The summed E-state index contributed by atoms with van der Waals surface area (Å²) in [6, 6.07) is 5.71. The van der Waals surface area contributed by atoms with Gasteiger partial charge in [-0.3, -0.25) is 4.79 Å². The average Bonchev–Trinajstić information content (AvgIpc) is 2.93. The number of carbonyl (C=O) groups is 1. The van der Waals surface area contributed by atoms with Crippen LogP contribution in [0.5, 0.6) is 0 Å². The van der Waals surface area contributed by atoms with Gasteiger partial charge in [-0.25, -0.2) is 9.97 Å². The zero-order chi connectivity index (χ0) is 14.8. The first-order valence-corrected chi connectivity index (χ1v) is 7.72. The van der Waals surface area contributed by atoms with E-state index in [4.69, 9.17) is 4.74 Å². The molecular formula is C15H17N3O2S. The van der Waals surface area contributed by atoms with Gasteiger partial charge in [-0.1, -0.05) is 0 Å². The summed E-state index contributed by atoms with van der Waals surface area (Å²) in [6.45, 7) is 5.54. The van der Waals surface area contributed by atoms with Gasteiger partial charge in [0.25, 0.3) is 5.91 Å². The van der Waals surface area contributed by atoms with Crippen LogP contribution in [0.2, 0.25) is 0 Å². The third-order valence-electron chi connectivity index (χ3n) is 3.43. The third-order valence-corrected chi connectivity index (χ3v) is 4.42. The number of hydrogen-bond acceptors (Lipinski definition) is 5. The number of nitrogens with zero attached hydrogens (tertiary/aromatic N) is 3. The Kier molecular flexibility index (Phi) is 3.98. The van der Waals surface area contributed by atoms with Gasteiger partial charge in [0.15, 0.2) is 0 Å². The maximum absolute atomic E-state index is 12.5. The van der Waals surface area contributed by atoms with Gasteiger partial charge in [0.2, 0.25) is 0 Å². The molecule has 1 amide bonds. The number of aromatic nitrogens is 2. The van der Waals surface area contributed by atoms with E-state index in [1.54, 1.807) is 6.20 Å². The molecule has 0 spiro atoms. The largest absolute Gasteiger partial charge is 0.368 e. The van der Waals surface area contributed by atoms with E-state index in [0.717, 1.165) is 15.4 Å². The van der Waals surface area contributed by atoms with E-state index in [1.165, 1.54) is 11.3 Å². The van der Waals surface area contributed by atoms with Gasteiger partial charge < -0.3 is 9.64 Å². The molecule has 0 radical (unpaired) electrons. The van der Waals surface area contributed by atoms with Gasteiger partial charge in [0, 0.05) is 17.6 Å². The van der Waals surface area contributed by atoms with Crippen LogP contribution in [-0.4, -0.2) is 40.5 Å². The maximum atomic E-state index is 12.5. The summed E-state index contributed by atoms with van der Waals surface area (Å²) in [6.07, 6.45) is 1.55. The van der Waals surface area contributed by atoms with Crippen molar-refractivity contribution >= 4 is 17.2 Å². The molecule has 21 heavy (non-hydrogen) atoms. The number of aryl methyl sites for hydroxylation is 2. The molecule has 1 saturated heterocycles. The topological polar surface area (TPSA) is 55.3 Å². The van der Waals surface area contributed by atoms with Crippen molar-refractivity contribution in [2.75, 3.05) is 19.7 Å². The highest BCUT2D eigenvalue weighted by atomic mass is 32.1. The quantitative estimate of drug-likeness (QED) is 0.854. The highest BCUT2D eigenvalue weighted by Crippen LogP contribution is 2.23. The fourth-order valence-electron chi connectivity index (χ4n) is 2.37. The van der Waals surface area contributed by atoms with Crippen LogP contribution in [0, 0.1) is 13.8 Å². The van der Waals surface area contributed by atoms with Crippen molar-refractivity contribution in [3.63, 3.8) is 0 Å². The van der Waals surface area contributed by atoms with Crippen molar-refractivity contribution in [1.82, 2.24) is 14.9 Å². The zero-order valence-electron chi connectivity index (χ0n) is 12.1.